The highest BCUT2D eigenvalue weighted by molar-refractivity contribution is 6.07. The lowest BCUT2D eigenvalue weighted by Crippen LogP contribution is -2.44. The molecule has 1 aromatic heterocycles. The van der Waals surface area contributed by atoms with Crippen molar-refractivity contribution in [2.75, 3.05) is 48.8 Å². The van der Waals surface area contributed by atoms with E-state index in [9.17, 15) is 4.79 Å². The minimum absolute atomic E-state index is 0.286. The highest BCUT2D eigenvalue weighted by atomic mass is 16.7. The molecule has 3 heterocycles. The molecule has 0 spiro atoms. The number of aliphatic imine (C=N–C) groups is 1. The van der Waals surface area contributed by atoms with Crippen molar-refractivity contribution in [3.8, 4) is 0 Å². The van der Waals surface area contributed by atoms with E-state index in [2.05, 4.69) is 49.0 Å². The van der Waals surface area contributed by atoms with Gasteiger partial charge in [0.2, 0.25) is 5.90 Å². The van der Waals surface area contributed by atoms with E-state index >= 15 is 0 Å². The second kappa shape index (κ2) is 9.68. The number of aromatic nitrogens is 1. The van der Waals surface area contributed by atoms with Crippen LogP contribution in [0.2, 0.25) is 0 Å². The summed E-state index contributed by atoms with van der Waals surface area (Å²) in [5, 5.41) is 8.92. The fourth-order valence-corrected chi connectivity index (χ4v) is 5.00. The first-order valence-electron chi connectivity index (χ1n) is 12.4. The van der Waals surface area contributed by atoms with Crippen molar-refractivity contribution in [1.82, 2.24) is 15.4 Å². The van der Waals surface area contributed by atoms with Crippen molar-refractivity contribution >= 4 is 50.7 Å². The van der Waals surface area contributed by atoms with E-state index in [4.69, 9.17) is 4.84 Å². The number of piperazine rings is 1. The number of nitrogens with one attached hydrogen (secondary N) is 3. The highest BCUT2D eigenvalue weighted by Gasteiger charge is 2.21. The Morgan fingerprint density at radius 1 is 0.973 bits per heavy atom. The van der Waals surface area contributed by atoms with Crippen molar-refractivity contribution in [2.45, 2.75) is 13.1 Å². The number of rotatable bonds is 4. The quantitative estimate of drug-likeness (QED) is 0.379. The highest BCUT2D eigenvalue weighted by Crippen LogP contribution is 2.32. The molecule has 2 amide bonds. The number of hydrogen-bond acceptors (Lipinski definition) is 7. The van der Waals surface area contributed by atoms with Crippen LogP contribution in [0.5, 0.6) is 0 Å². The van der Waals surface area contributed by atoms with Gasteiger partial charge in [0.15, 0.2) is 6.17 Å². The van der Waals surface area contributed by atoms with Gasteiger partial charge in [-0.3, -0.25) is 4.98 Å². The van der Waals surface area contributed by atoms with Gasteiger partial charge in [0.1, 0.15) is 0 Å². The van der Waals surface area contributed by atoms with E-state index in [1.807, 2.05) is 61.5 Å². The molecule has 1 saturated heterocycles. The first kappa shape index (κ1) is 23.2. The molecular formula is C28H29N7O2. The number of urea groups is 1. The molecule has 9 heteroatoms. The number of amides is 2. The van der Waals surface area contributed by atoms with Gasteiger partial charge in [-0.25, -0.2) is 9.79 Å². The molecule has 4 aromatic rings. The van der Waals surface area contributed by atoms with Crippen LogP contribution in [-0.2, 0) is 4.84 Å². The third kappa shape index (κ3) is 4.66. The number of benzene rings is 3. The van der Waals surface area contributed by atoms with E-state index in [1.54, 1.807) is 6.20 Å². The maximum absolute atomic E-state index is 13.0. The molecule has 1 unspecified atom stereocenters. The molecule has 6 rings (SSSR count). The van der Waals surface area contributed by atoms with Crippen LogP contribution in [0, 0.1) is 0 Å². The monoisotopic (exact) mass is 495 g/mol. The lowest BCUT2D eigenvalue weighted by atomic mass is 10.0. The lowest BCUT2D eigenvalue weighted by Gasteiger charge is -2.34. The first-order valence-corrected chi connectivity index (χ1v) is 12.4. The summed E-state index contributed by atoms with van der Waals surface area (Å²) in [5.41, 5.74) is 7.32. The van der Waals surface area contributed by atoms with E-state index < -0.39 is 0 Å². The third-order valence-corrected chi connectivity index (χ3v) is 6.93. The number of carbonyl (C=O) groups excluding carboxylic acids is 1. The van der Waals surface area contributed by atoms with Crippen LogP contribution in [0.3, 0.4) is 0 Å². The Balaban J connectivity index is 1.24. The summed E-state index contributed by atoms with van der Waals surface area (Å²) in [5.74, 6) is 0.593. The van der Waals surface area contributed by atoms with Crippen LogP contribution in [0.15, 0.2) is 71.9 Å². The van der Waals surface area contributed by atoms with Crippen LogP contribution >= 0.6 is 0 Å². The fourth-order valence-electron chi connectivity index (χ4n) is 5.00. The van der Waals surface area contributed by atoms with Crippen molar-refractivity contribution in [2.24, 2.45) is 4.99 Å². The predicted molar refractivity (Wildman–Crippen MR) is 148 cm³/mol. The molecule has 0 saturated carbocycles. The number of hydroxylamine groups is 1. The summed E-state index contributed by atoms with van der Waals surface area (Å²) in [4.78, 5) is 32.2. The zero-order valence-corrected chi connectivity index (χ0v) is 20.9. The summed E-state index contributed by atoms with van der Waals surface area (Å²) >= 11 is 0. The van der Waals surface area contributed by atoms with Crippen LogP contribution < -0.4 is 21.0 Å². The Kier molecular flexibility index (Phi) is 6.07. The van der Waals surface area contributed by atoms with Crippen LogP contribution in [0.4, 0.5) is 21.9 Å². The predicted octanol–water partition coefficient (Wildman–Crippen LogP) is 4.74. The number of pyridine rings is 1. The zero-order chi connectivity index (χ0) is 25.4. The second-order valence-electron chi connectivity index (χ2n) is 9.46. The molecule has 0 radical (unpaired) electrons. The standard InChI is InChI=1S/C28H29N7O2/c1-18-30-27(33-37-18)22-8-3-7-21-20(22)6-4-10-25(21)32-28(36)31-19-16-23-24(29-17-19)9-5-11-26(23)35-14-12-34(2)13-15-35/h3-11,16-17,27,33H,12-15H2,1-2H3,(H2,31,32,36). The number of nitrogens with zero attached hydrogens (tertiary/aromatic N) is 4. The van der Waals surface area contributed by atoms with Gasteiger partial charge < -0.3 is 25.3 Å². The molecule has 0 aliphatic carbocycles. The van der Waals surface area contributed by atoms with Crippen molar-refractivity contribution in [3.63, 3.8) is 0 Å². The van der Waals surface area contributed by atoms with Gasteiger partial charge in [-0.2, -0.15) is 0 Å². The smallest absolute Gasteiger partial charge is 0.323 e. The van der Waals surface area contributed by atoms with Crippen LogP contribution in [0.1, 0.15) is 18.7 Å². The molecular weight excluding hydrogens is 466 g/mol. The fraction of sp³-hybridized carbons (Fsp3) is 0.250. The molecule has 0 bridgehead atoms. The Morgan fingerprint density at radius 3 is 2.57 bits per heavy atom. The molecule has 188 valence electrons. The summed E-state index contributed by atoms with van der Waals surface area (Å²) in [7, 11) is 2.15. The third-order valence-electron chi connectivity index (χ3n) is 6.93. The summed E-state index contributed by atoms with van der Waals surface area (Å²) in [6.07, 6.45) is 1.41. The maximum Gasteiger partial charge on any atom is 0.323 e. The Morgan fingerprint density at radius 2 is 1.76 bits per heavy atom. The summed E-state index contributed by atoms with van der Waals surface area (Å²) < 4.78 is 0. The zero-order valence-electron chi connectivity index (χ0n) is 20.9. The van der Waals surface area contributed by atoms with Gasteiger partial charge in [-0.15, -0.1) is 5.48 Å². The molecule has 1 fully saturated rings. The molecule has 3 aromatic carbocycles. The number of hydrogen-bond donors (Lipinski definition) is 3. The SMILES string of the molecule is CC1=NC(c2cccc3c(NC(=O)Nc4cnc5cccc(N6CCN(C)CC6)c5c4)cccc23)NO1. The Labute approximate surface area is 215 Å². The largest absolute Gasteiger partial charge is 0.391 e. The maximum atomic E-state index is 13.0. The van der Waals surface area contributed by atoms with Crippen molar-refractivity contribution in [1.29, 1.82) is 0 Å². The molecule has 1 atom stereocenters. The van der Waals surface area contributed by atoms with Gasteiger partial charge in [0.25, 0.3) is 0 Å². The number of carbonyl (C=O) groups is 1. The average molecular weight is 496 g/mol. The van der Waals surface area contributed by atoms with E-state index in [0.717, 1.165) is 59.1 Å². The number of anilines is 3. The summed E-state index contributed by atoms with van der Waals surface area (Å²) in [6.45, 7) is 5.78. The normalized spacial score (nSPS) is 18.1. The molecule has 2 aliphatic rings. The van der Waals surface area contributed by atoms with Gasteiger partial charge in [0, 0.05) is 55.1 Å². The average Bonchev–Trinajstić information content (AvgIpc) is 3.34. The Bertz CT molecular complexity index is 1510. The Hall–Kier alpha value is -4.21. The van der Waals surface area contributed by atoms with Gasteiger partial charge in [0.05, 0.1) is 23.1 Å². The summed E-state index contributed by atoms with van der Waals surface area (Å²) in [6, 6.07) is 19.6. The van der Waals surface area contributed by atoms with Gasteiger partial charge >= 0.3 is 6.03 Å². The van der Waals surface area contributed by atoms with Crippen LogP contribution in [-0.4, -0.2) is 55.0 Å². The number of likely N-dealkylation sites (N-methyl/N-ethyl adjacent to an activating group) is 1. The van der Waals surface area contributed by atoms with Crippen molar-refractivity contribution < 1.29 is 9.63 Å². The van der Waals surface area contributed by atoms with Crippen molar-refractivity contribution in [3.05, 3.63) is 72.4 Å². The first-order chi connectivity index (χ1) is 18.0. The molecule has 37 heavy (non-hydrogen) atoms. The second-order valence-corrected chi connectivity index (χ2v) is 9.46. The van der Waals surface area contributed by atoms with E-state index in [0.29, 0.717) is 17.3 Å². The lowest BCUT2D eigenvalue weighted by molar-refractivity contribution is 0.179. The van der Waals surface area contributed by atoms with Gasteiger partial charge in [-0.05, 0) is 36.7 Å². The minimum Gasteiger partial charge on any atom is -0.391 e. The molecule has 2 aliphatic heterocycles. The topological polar surface area (TPSA) is 94.1 Å². The van der Waals surface area contributed by atoms with E-state index in [1.165, 1.54) is 0 Å². The number of fused-ring (bicyclic) bond motifs is 2. The molecule has 3 N–H and O–H groups in total. The minimum atomic E-state index is -0.327. The van der Waals surface area contributed by atoms with E-state index in [-0.39, 0.29) is 12.2 Å². The van der Waals surface area contributed by atoms with Gasteiger partial charge in [-0.1, -0.05) is 36.4 Å². The molecule has 9 nitrogen and oxygen atoms in total. The van der Waals surface area contributed by atoms with Crippen LogP contribution in [0.25, 0.3) is 21.7 Å².